The molecule has 1 unspecified atom stereocenters. The molecule has 0 heterocycles. The van der Waals surface area contributed by atoms with Crippen molar-refractivity contribution in [2.75, 3.05) is 13.7 Å². The lowest BCUT2D eigenvalue weighted by molar-refractivity contribution is 0.399. The highest BCUT2D eigenvalue weighted by atomic mass is 79.9. The molecule has 1 rings (SSSR count). The summed E-state index contributed by atoms with van der Waals surface area (Å²) in [5.74, 6) is 0.380. The van der Waals surface area contributed by atoms with Crippen molar-refractivity contribution in [1.82, 2.24) is 4.72 Å². The Morgan fingerprint density at radius 2 is 2.05 bits per heavy atom. The highest BCUT2D eigenvalue weighted by Crippen LogP contribution is 2.35. The number of benzene rings is 1. The van der Waals surface area contributed by atoms with Crippen molar-refractivity contribution in [2.24, 2.45) is 11.7 Å². The highest BCUT2D eigenvalue weighted by molar-refractivity contribution is 9.10. The Morgan fingerprint density at radius 3 is 2.55 bits per heavy atom. The van der Waals surface area contributed by atoms with Crippen LogP contribution < -0.4 is 15.2 Å². The number of nitrogens with two attached hydrogens (primary N) is 1. The minimum Gasteiger partial charge on any atom is -0.494 e. The van der Waals surface area contributed by atoms with E-state index in [1.165, 1.54) is 13.2 Å². The molecule has 0 saturated carbocycles. The maximum absolute atomic E-state index is 12.3. The summed E-state index contributed by atoms with van der Waals surface area (Å²) in [5.41, 5.74) is 5.84. The van der Waals surface area contributed by atoms with Crippen molar-refractivity contribution in [3.8, 4) is 5.75 Å². The lowest BCUT2D eigenvalue weighted by atomic mass is 10.1. The van der Waals surface area contributed by atoms with E-state index in [4.69, 9.17) is 22.1 Å². The lowest BCUT2D eigenvalue weighted by Crippen LogP contribution is -2.40. The largest absolute Gasteiger partial charge is 0.494 e. The molecule has 3 N–H and O–H groups in total. The molecule has 20 heavy (non-hydrogen) atoms. The van der Waals surface area contributed by atoms with Gasteiger partial charge in [0, 0.05) is 17.6 Å². The summed E-state index contributed by atoms with van der Waals surface area (Å²) in [4.78, 5) is -0.0182. The van der Waals surface area contributed by atoms with Crippen LogP contribution in [0.25, 0.3) is 0 Å². The van der Waals surface area contributed by atoms with Gasteiger partial charge < -0.3 is 10.5 Å². The number of rotatable bonds is 6. The topological polar surface area (TPSA) is 81.4 Å². The Labute approximate surface area is 133 Å². The van der Waals surface area contributed by atoms with Crippen LogP contribution in [0.1, 0.15) is 13.8 Å². The summed E-state index contributed by atoms with van der Waals surface area (Å²) in [6.45, 7) is 4.00. The molecular formula is C12H18BrClN2O3S. The van der Waals surface area contributed by atoms with E-state index >= 15 is 0 Å². The van der Waals surface area contributed by atoms with Crippen LogP contribution >= 0.6 is 27.5 Å². The summed E-state index contributed by atoms with van der Waals surface area (Å²) in [7, 11) is -2.35. The molecule has 0 spiro atoms. The maximum atomic E-state index is 12.3. The first-order valence-electron chi connectivity index (χ1n) is 5.97. The Balaban J connectivity index is 3.10. The Morgan fingerprint density at radius 1 is 1.45 bits per heavy atom. The summed E-state index contributed by atoms with van der Waals surface area (Å²) >= 11 is 9.12. The van der Waals surface area contributed by atoms with Crippen LogP contribution in [0.3, 0.4) is 0 Å². The third kappa shape index (κ3) is 4.33. The van der Waals surface area contributed by atoms with E-state index in [0.717, 1.165) is 0 Å². The van der Waals surface area contributed by atoms with Crippen molar-refractivity contribution < 1.29 is 13.2 Å². The molecule has 0 bridgehead atoms. The third-order valence-corrected chi connectivity index (χ3v) is 5.07. The number of sulfonamides is 1. The van der Waals surface area contributed by atoms with Crippen LogP contribution in [-0.4, -0.2) is 28.1 Å². The van der Waals surface area contributed by atoms with Gasteiger partial charge >= 0.3 is 0 Å². The number of halogens is 2. The fourth-order valence-electron chi connectivity index (χ4n) is 1.45. The van der Waals surface area contributed by atoms with Crippen molar-refractivity contribution in [1.29, 1.82) is 0 Å². The second kappa shape index (κ2) is 7.09. The first-order chi connectivity index (χ1) is 9.19. The van der Waals surface area contributed by atoms with E-state index in [2.05, 4.69) is 20.7 Å². The Kier molecular flexibility index (Phi) is 6.27. The predicted octanol–water partition coefficient (Wildman–Crippen LogP) is 2.37. The first kappa shape index (κ1) is 17.7. The molecule has 0 aliphatic heterocycles. The average Bonchev–Trinajstić information content (AvgIpc) is 2.35. The highest BCUT2D eigenvalue weighted by Gasteiger charge is 2.23. The molecule has 0 aromatic heterocycles. The van der Waals surface area contributed by atoms with Crippen LogP contribution in [-0.2, 0) is 10.0 Å². The molecule has 114 valence electrons. The molecule has 1 aromatic rings. The minimum atomic E-state index is -3.75. The summed E-state index contributed by atoms with van der Waals surface area (Å²) in [5, 5.41) is 0.297. The van der Waals surface area contributed by atoms with Gasteiger partial charge in [-0.15, -0.1) is 0 Å². The van der Waals surface area contributed by atoms with Crippen LogP contribution in [0.5, 0.6) is 5.75 Å². The average molecular weight is 386 g/mol. The van der Waals surface area contributed by atoms with Crippen LogP contribution in [0.4, 0.5) is 0 Å². The van der Waals surface area contributed by atoms with Crippen molar-refractivity contribution in [3.63, 3.8) is 0 Å². The van der Waals surface area contributed by atoms with E-state index in [9.17, 15) is 8.42 Å². The zero-order valence-electron chi connectivity index (χ0n) is 11.5. The number of hydrogen-bond donors (Lipinski definition) is 2. The van der Waals surface area contributed by atoms with Crippen molar-refractivity contribution in [2.45, 2.75) is 24.8 Å². The number of nitrogens with one attached hydrogen (secondary N) is 1. The lowest BCUT2D eigenvalue weighted by Gasteiger charge is -2.17. The van der Waals surface area contributed by atoms with E-state index < -0.39 is 10.0 Å². The molecular weight excluding hydrogens is 368 g/mol. The second-order valence-corrected chi connectivity index (χ2v) is 7.70. The van der Waals surface area contributed by atoms with E-state index in [1.807, 2.05) is 13.8 Å². The van der Waals surface area contributed by atoms with Gasteiger partial charge in [-0.25, -0.2) is 13.1 Å². The molecule has 8 heteroatoms. The molecule has 1 aromatic carbocycles. The standard InChI is InChI=1S/C12H18BrClN2O3S/c1-7(2)10(15)6-16-20(17,18)11-5-8(14)4-9(13)12(11)19-3/h4-5,7,10,16H,6,15H2,1-3H3. The quantitative estimate of drug-likeness (QED) is 0.787. The summed E-state index contributed by atoms with van der Waals surface area (Å²) < 4.78 is 32.7. The van der Waals surface area contributed by atoms with Gasteiger partial charge in [0.25, 0.3) is 0 Å². The second-order valence-electron chi connectivity index (χ2n) is 4.68. The SMILES string of the molecule is COc1c(Br)cc(Cl)cc1S(=O)(=O)NCC(N)C(C)C. The number of methoxy groups -OCH3 is 1. The van der Waals surface area contributed by atoms with Gasteiger partial charge in [-0.05, 0) is 34.0 Å². The molecule has 5 nitrogen and oxygen atoms in total. The zero-order valence-corrected chi connectivity index (χ0v) is 14.6. The van der Waals surface area contributed by atoms with Crippen molar-refractivity contribution in [3.05, 3.63) is 21.6 Å². The molecule has 0 fully saturated rings. The van der Waals surface area contributed by atoms with Gasteiger partial charge in [0.15, 0.2) is 5.75 Å². The van der Waals surface area contributed by atoms with Gasteiger partial charge in [-0.2, -0.15) is 0 Å². The Hall–Kier alpha value is -0.340. The third-order valence-electron chi connectivity index (χ3n) is 2.83. The van der Waals surface area contributed by atoms with Crippen LogP contribution in [0.2, 0.25) is 5.02 Å². The minimum absolute atomic E-state index is 0.0182. The maximum Gasteiger partial charge on any atom is 0.244 e. The smallest absolute Gasteiger partial charge is 0.244 e. The zero-order chi connectivity index (χ0) is 15.5. The fourth-order valence-corrected chi connectivity index (χ4v) is 3.91. The number of ether oxygens (including phenoxy) is 1. The molecule has 0 saturated heterocycles. The van der Waals surface area contributed by atoms with Gasteiger partial charge in [0.2, 0.25) is 10.0 Å². The molecule has 0 radical (unpaired) electrons. The first-order valence-corrected chi connectivity index (χ1v) is 8.62. The van der Waals surface area contributed by atoms with Crippen LogP contribution in [0, 0.1) is 5.92 Å². The van der Waals surface area contributed by atoms with E-state index in [0.29, 0.717) is 9.50 Å². The summed E-state index contributed by atoms with van der Waals surface area (Å²) in [6, 6.07) is 2.64. The Bertz CT molecular complexity index is 578. The van der Waals surface area contributed by atoms with Gasteiger partial charge in [-0.3, -0.25) is 0 Å². The van der Waals surface area contributed by atoms with E-state index in [1.54, 1.807) is 6.07 Å². The molecule has 0 aliphatic rings. The monoisotopic (exact) mass is 384 g/mol. The van der Waals surface area contributed by atoms with Gasteiger partial charge in [0.1, 0.15) is 4.90 Å². The summed E-state index contributed by atoms with van der Waals surface area (Å²) in [6.07, 6.45) is 0. The predicted molar refractivity (Wildman–Crippen MR) is 83.7 cm³/mol. The van der Waals surface area contributed by atoms with Gasteiger partial charge in [0.05, 0.1) is 11.6 Å². The van der Waals surface area contributed by atoms with E-state index in [-0.39, 0.29) is 29.1 Å². The van der Waals surface area contributed by atoms with Crippen molar-refractivity contribution >= 4 is 37.6 Å². The van der Waals surface area contributed by atoms with Gasteiger partial charge in [-0.1, -0.05) is 25.4 Å². The molecule has 0 aliphatic carbocycles. The normalized spacial score (nSPS) is 13.6. The molecule has 1 atom stereocenters. The van der Waals surface area contributed by atoms with Crippen LogP contribution in [0.15, 0.2) is 21.5 Å². The molecule has 0 amide bonds. The fraction of sp³-hybridized carbons (Fsp3) is 0.500. The number of hydrogen-bond acceptors (Lipinski definition) is 4.